The van der Waals surface area contributed by atoms with Crippen LogP contribution in [0.4, 0.5) is 11.6 Å². The Bertz CT molecular complexity index is 1760. The largest absolute Gasteiger partial charge is 0.394 e. The van der Waals surface area contributed by atoms with E-state index in [-0.39, 0.29) is 6.61 Å². The van der Waals surface area contributed by atoms with Crippen molar-refractivity contribution in [2.75, 3.05) is 63.2 Å². The quantitative estimate of drug-likeness (QED) is 0.107. The average molecular weight is 654 g/mol. The number of hydrogen-bond acceptors (Lipinski definition) is 11. The molecule has 11 nitrogen and oxygen atoms in total. The number of ether oxygens (including phenoxy) is 1. The van der Waals surface area contributed by atoms with Crippen LogP contribution in [0.15, 0.2) is 122 Å². The standard InChI is InChI=1S/C38H39N9O2/c48-26-28-49-27-25-47(23-21-41-37-17-7-15-35(45-37)33-13-5-11-31(43-33)29-9-1-3-19-39-29)24-22-42-38-18-8-16-36(46-38)34-14-6-12-32(44-34)30-10-2-4-20-40-30/h1-20,48H,21-28H2,(H,41,45)(H,42,46). The van der Waals surface area contributed by atoms with Crippen LogP contribution in [0, 0.1) is 0 Å². The molecular formula is C38H39N9O2. The minimum absolute atomic E-state index is 0.00633. The number of aliphatic hydroxyl groups is 1. The molecule has 0 aromatic carbocycles. The van der Waals surface area contributed by atoms with E-state index in [0.29, 0.717) is 26.3 Å². The molecule has 0 radical (unpaired) electrons. The summed E-state index contributed by atoms with van der Waals surface area (Å²) in [5.74, 6) is 1.55. The van der Waals surface area contributed by atoms with Crippen LogP contribution < -0.4 is 10.6 Å². The smallest absolute Gasteiger partial charge is 0.126 e. The zero-order valence-electron chi connectivity index (χ0n) is 27.2. The van der Waals surface area contributed by atoms with E-state index in [0.717, 1.165) is 76.8 Å². The van der Waals surface area contributed by atoms with Crippen molar-refractivity contribution < 1.29 is 9.84 Å². The lowest BCUT2D eigenvalue weighted by atomic mass is 10.2. The van der Waals surface area contributed by atoms with Gasteiger partial charge in [0.15, 0.2) is 0 Å². The first kappa shape index (κ1) is 33.3. The first-order valence-corrected chi connectivity index (χ1v) is 16.4. The van der Waals surface area contributed by atoms with Crippen molar-refractivity contribution in [1.82, 2.24) is 34.8 Å². The monoisotopic (exact) mass is 653 g/mol. The lowest BCUT2D eigenvalue weighted by Crippen LogP contribution is -2.36. The summed E-state index contributed by atoms with van der Waals surface area (Å²) in [6, 6.07) is 35.2. The second-order valence-electron chi connectivity index (χ2n) is 11.1. The minimum atomic E-state index is 0.00633. The summed E-state index contributed by atoms with van der Waals surface area (Å²) in [6.07, 6.45) is 3.53. The van der Waals surface area contributed by atoms with Gasteiger partial charge in [-0.05, 0) is 72.8 Å². The highest BCUT2D eigenvalue weighted by Gasteiger charge is 2.10. The summed E-state index contributed by atoms with van der Waals surface area (Å²) in [4.78, 5) is 30.4. The summed E-state index contributed by atoms with van der Waals surface area (Å²) in [5.41, 5.74) is 6.40. The Morgan fingerprint density at radius 3 is 1.35 bits per heavy atom. The van der Waals surface area contributed by atoms with Crippen molar-refractivity contribution in [2.45, 2.75) is 0 Å². The Labute approximate surface area is 286 Å². The molecule has 49 heavy (non-hydrogen) atoms. The second kappa shape index (κ2) is 17.5. The fourth-order valence-corrected chi connectivity index (χ4v) is 5.20. The first-order valence-electron chi connectivity index (χ1n) is 16.4. The molecule has 0 fully saturated rings. The van der Waals surface area contributed by atoms with E-state index in [2.05, 4.69) is 25.5 Å². The molecule has 0 aliphatic carbocycles. The molecule has 0 saturated heterocycles. The van der Waals surface area contributed by atoms with E-state index in [1.807, 2.05) is 109 Å². The lowest BCUT2D eigenvalue weighted by Gasteiger charge is -2.23. The van der Waals surface area contributed by atoms with Crippen LogP contribution in [0.5, 0.6) is 0 Å². The molecule has 6 aromatic rings. The molecular weight excluding hydrogens is 614 g/mol. The summed E-state index contributed by atoms with van der Waals surface area (Å²) in [5, 5.41) is 16.1. The van der Waals surface area contributed by atoms with Crippen molar-refractivity contribution in [3.63, 3.8) is 0 Å². The van der Waals surface area contributed by atoms with Crippen LogP contribution in [0.1, 0.15) is 0 Å². The summed E-state index contributed by atoms with van der Waals surface area (Å²) < 4.78 is 5.58. The van der Waals surface area contributed by atoms with Gasteiger partial charge >= 0.3 is 0 Å². The molecule has 0 amide bonds. The summed E-state index contributed by atoms with van der Waals surface area (Å²) in [6.45, 7) is 4.47. The minimum Gasteiger partial charge on any atom is -0.394 e. The Balaban J connectivity index is 1.04. The number of hydrogen-bond donors (Lipinski definition) is 3. The molecule has 11 heteroatoms. The van der Waals surface area contributed by atoms with Crippen LogP contribution in [0.3, 0.4) is 0 Å². The zero-order chi connectivity index (χ0) is 33.5. The fourth-order valence-electron chi connectivity index (χ4n) is 5.20. The van der Waals surface area contributed by atoms with Crippen LogP contribution in [0.2, 0.25) is 0 Å². The number of aliphatic hydroxyl groups excluding tert-OH is 1. The van der Waals surface area contributed by atoms with Crippen molar-refractivity contribution in [3.8, 4) is 45.6 Å². The van der Waals surface area contributed by atoms with Gasteiger partial charge in [0, 0.05) is 45.1 Å². The second-order valence-corrected chi connectivity index (χ2v) is 11.1. The zero-order valence-corrected chi connectivity index (χ0v) is 27.2. The maximum atomic E-state index is 9.13. The van der Waals surface area contributed by atoms with Gasteiger partial charge in [-0.25, -0.2) is 19.9 Å². The van der Waals surface area contributed by atoms with Crippen LogP contribution in [0.25, 0.3) is 45.6 Å². The number of anilines is 2. The van der Waals surface area contributed by atoms with Crippen LogP contribution >= 0.6 is 0 Å². The molecule has 0 unspecified atom stereocenters. The average Bonchev–Trinajstić information content (AvgIpc) is 3.17. The van der Waals surface area contributed by atoms with E-state index in [1.165, 1.54) is 0 Å². The highest BCUT2D eigenvalue weighted by molar-refractivity contribution is 5.64. The Morgan fingerprint density at radius 2 is 0.898 bits per heavy atom. The van der Waals surface area contributed by atoms with E-state index in [4.69, 9.17) is 29.8 Å². The van der Waals surface area contributed by atoms with Gasteiger partial charge in [0.25, 0.3) is 0 Å². The van der Waals surface area contributed by atoms with E-state index < -0.39 is 0 Å². The lowest BCUT2D eigenvalue weighted by molar-refractivity contribution is 0.0752. The maximum absolute atomic E-state index is 9.13. The molecule has 0 saturated carbocycles. The predicted molar refractivity (Wildman–Crippen MR) is 193 cm³/mol. The Kier molecular flexibility index (Phi) is 11.9. The number of nitrogens with one attached hydrogen (secondary N) is 2. The highest BCUT2D eigenvalue weighted by Crippen LogP contribution is 2.22. The predicted octanol–water partition coefficient (Wildman–Crippen LogP) is 5.56. The number of aromatic nitrogens is 6. The van der Waals surface area contributed by atoms with Crippen molar-refractivity contribution in [1.29, 1.82) is 0 Å². The number of nitrogens with zero attached hydrogens (tertiary/aromatic N) is 7. The molecule has 248 valence electrons. The Morgan fingerprint density at radius 1 is 0.469 bits per heavy atom. The number of rotatable bonds is 17. The van der Waals surface area contributed by atoms with Gasteiger partial charge in [-0.15, -0.1) is 0 Å². The fraction of sp³-hybridized carbons (Fsp3) is 0.211. The highest BCUT2D eigenvalue weighted by atomic mass is 16.5. The van der Waals surface area contributed by atoms with Gasteiger partial charge in [-0.2, -0.15) is 0 Å². The molecule has 0 aliphatic rings. The van der Waals surface area contributed by atoms with Gasteiger partial charge in [0.05, 0.1) is 65.4 Å². The van der Waals surface area contributed by atoms with E-state index >= 15 is 0 Å². The molecule has 3 N–H and O–H groups in total. The summed E-state index contributed by atoms with van der Waals surface area (Å²) >= 11 is 0. The van der Waals surface area contributed by atoms with Gasteiger partial charge in [-0.3, -0.25) is 14.9 Å². The maximum Gasteiger partial charge on any atom is 0.126 e. The van der Waals surface area contributed by atoms with Crippen molar-refractivity contribution >= 4 is 11.6 Å². The molecule has 0 spiro atoms. The normalized spacial score (nSPS) is 11.1. The van der Waals surface area contributed by atoms with E-state index in [1.54, 1.807) is 12.4 Å². The Hall–Kier alpha value is -5.62. The van der Waals surface area contributed by atoms with Crippen molar-refractivity contribution in [2.24, 2.45) is 0 Å². The molecule has 0 bridgehead atoms. The molecule has 0 atom stereocenters. The van der Waals surface area contributed by atoms with Crippen LogP contribution in [-0.2, 0) is 4.74 Å². The molecule has 6 aromatic heterocycles. The topological polar surface area (TPSA) is 134 Å². The molecule has 0 aliphatic heterocycles. The van der Waals surface area contributed by atoms with Gasteiger partial charge in [0.2, 0.25) is 0 Å². The third-order valence-corrected chi connectivity index (χ3v) is 7.63. The number of pyridine rings is 6. The third kappa shape index (κ3) is 9.71. The molecule has 6 heterocycles. The van der Waals surface area contributed by atoms with E-state index in [9.17, 15) is 0 Å². The van der Waals surface area contributed by atoms with Crippen LogP contribution in [-0.4, -0.2) is 92.5 Å². The van der Waals surface area contributed by atoms with Gasteiger partial charge < -0.3 is 20.5 Å². The van der Waals surface area contributed by atoms with Gasteiger partial charge in [-0.1, -0.05) is 36.4 Å². The molecule has 6 rings (SSSR count). The first-order chi connectivity index (χ1) is 24.2. The van der Waals surface area contributed by atoms with Gasteiger partial charge in [0.1, 0.15) is 11.6 Å². The third-order valence-electron chi connectivity index (χ3n) is 7.63. The summed E-state index contributed by atoms with van der Waals surface area (Å²) in [7, 11) is 0. The SMILES string of the molecule is OCCOCCN(CCNc1cccc(-c2cccc(-c3ccccn3)n2)n1)CCNc1cccc(-c2cccc(-c3ccccn3)n2)n1. The van der Waals surface area contributed by atoms with Crippen molar-refractivity contribution in [3.05, 3.63) is 122 Å².